The molecular weight excluding hydrogens is 689 g/mol. The predicted octanol–water partition coefficient (Wildman–Crippen LogP) is 15.5. The summed E-state index contributed by atoms with van der Waals surface area (Å²) in [4.78, 5) is 5.07. The van der Waals surface area contributed by atoms with Crippen molar-refractivity contribution in [3.63, 3.8) is 0 Å². The molecule has 57 heavy (non-hydrogen) atoms. The summed E-state index contributed by atoms with van der Waals surface area (Å²) >= 11 is 0. The van der Waals surface area contributed by atoms with Gasteiger partial charge in [-0.15, -0.1) is 0 Å². The summed E-state index contributed by atoms with van der Waals surface area (Å²) in [6, 6.07) is 76.0. The van der Waals surface area contributed by atoms with Crippen molar-refractivity contribution in [3.8, 4) is 11.1 Å². The third-order valence-corrected chi connectivity index (χ3v) is 12.1. The van der Waals surface area contributed by atoms with Gasteiger partial charge in [0, 0.05) is 33.0 Å². The lowest BCUT2D eigenvalue weighted by atomic mass is 9.72. The lowest BCUT2D eigenvalue weighted by Crippen LogP contribution is -2.32. The average molecular weight is 729 g/mol. The lowest BCUT2D eigenvalue weighted by Gasteiger charge is -2.45. The van der Waals surface area contributed by atoms with Gasteiger partial charge in [-0.1, -0.05) is 178 Å². The molecule has 1 aliphatic heterocycles. The van der Waals surface area contributed by atoms with Crippen molar-refractivity contribution in [1.82, 2.24) is 0 Å². The molecule has 1 heterocycles. The minimum atomic E-state index is -0.355. The molecule has 0 spiro atoms. The number of benzene rings is 10. The van der Waals surface area contributed by atoms with E-state index in [0.717, 1.165) is 17.1 Å². The summed E-state index contributed by atoms with van der Waals surface area (Å²) in [5, 5.41) is 9.78. The Hall–Kier alpha value is -7.16. The van der Waals surface area contributed by atoms with Crippen LogP contribution in [0.1, 0.15) is 25.0 Å². The standard InChI is InChI=1S/C55H40N2/c1-55(2)48-24-11-12-25-50(48)57(54-46-23-10-8-18-40(46)32-34-47(54)43-30-29-37-15-3-5-19-41(37)35-43)52-28-14-27-51(53(52)55)56(44-33-31-38-16-4-6-20-42(38)36-44)49-26-13-21-39-17-7-9-22-45(39)49/h3-36H,1-2H3. The van der Waals surface area contributed by atoms with Crippen LogP contribution in [0.15, 0.2) is 206 Å². The molecule has 0 unspecified atom stereocenters. The van der Waals surface area contributed by atoms with Gasteiger partial charge in [0.05, 0.1) is 28.4 Å². The Morgan fingerprint density at radius 2 is 0.947 bits per heavy atom. The molecule has 0 saturated carbocycles. The van der Waals surface area contributed by atoms with E-state index in [4.69, 9.17) is 0 Å². The second-order valence-corrected chi connectivity index (χ2v) is 15.8. The van der Waals surface area contributed by atoms with Crippen LogP contribution >= 0.6 is 0 Å². The van der Waals surface area contributed by atoms with E-state index in [9.17, 15) is 0 Å². The summed E-state index contributed by atoms with van der Waals surface area (Å²) in [5.74, 6) is 0. The van der Waals surface area contributed by atoms with E-state index in [2.05, 4.69) is 230 Å². The SMILES string of the molecule is CC1(C)c2ccccc2N(c2c(-c3ccc4ccccc4c3)ccc3ccccc23)c2cccc(N(c3ccc4ccccc4c3)c3cccc4ccccc34)c21. The fourth-order valence-electron chi connectivity index (χ4n) is 9.46. The van der Waals surface area contributed by atoms with Crippen molar-refractivity contribution in [2.75, 3.05) is 9.80 Å². The van der Waals surface area contributed by atoms with Gasteiger partial charge >= 0.3 is 0 Å². The summed E-state index contributed by atoms with van der Waals surface area (Å²) in [7, 11) is 0. The number of hydrogen-bond donors (Lipinski definition) is 0. The zero-order valence-electron chi connectivity index (χ0n) is 32.0. The average Bonchev–Trinajstić information content (AvgIpc) is 3.26. The van der Waals surface area contributed by atoms with E-state index in [0.29, 0.717) is 0 Å². The first-order chi connectivity index (χ1) is 28.0. The first kappa shape index (κ1) is 33.2. The fourth-order valence-corrected chi connectivity index (χ4v) is 9.46. The van der Waals surface area contributed by atoms with Crippen molar-refractivity contribution < 1.29 is 0 Å². The monoisotopic (exact) mass is 728 g/mol. The third kappa shape index (κ3) is 5.25. The molecule has 0 aliphatic carbocycles. The quantitative estimate of drug-likeness (QED) is 0.174. The van der Waals surface area contributed by atoms with E-state index in [1.807, 2.05) is 0 Å². The zero-order chi connectivity index (χ0) is 38.1. The van der Waals surface area contributed by atoms with Gasteiger partial charge in [0.2, 0.25) is 0 Å². The Kier molecular flexibility index (Phi) is 7.55. The van der Waals surface area contributed by atoms with E-state index in [1.165, 1.54) is 82.4 Å². The topological polar surface area (TPSA) is 6.48 Å². The van der Waals surface area contributed by atoms with Gasteiger partial charge in [-0.05, 0) is 85.9 Å². The minimum absolute atomic E-state index is 0.355. The molecule has 0 fully saturated rings. The molecule has 0 N–H and O–H groups in total. The van der Waals surface area contributed by atoms with Crippen molar-refractivity contribution in [2.24, 2.45) is 0 Å². The van der Waals surface area contributed by atoms with E-state index in [-0.39, 0.29) is 5.41 Å². The zero-order valence-corrected chi connectivity index (χ0v) is 32.0. The molecule has 0 aromatic heterocycles. The largest absolute Gasteiger partial charge is 0.309 e. The van der Waals surface area contributed by atoms with Gasteiger partial charge in [0.15, 0.2) is 0 Å². The van der Waals surface area contributed by atoms with Crippen LogP contribution in [-0.2, 0) is 5.41 Å². The maximum Gasteiger partial charge on any atom is 0.0618 e. The van der Waals surface area contributed by atoms with Crippen molar-refractivity contribution in [3.05, 3.63) is 217 Å². The molecule has 2 nitrogen and oxygen atoms in total. The molecule has 0 atom stereocenters. The van der Waals surface area contributed by atoms with Gasteiger partial charge in [-0.3, -0.25) is 0 Å². The lowest BCUT2D eigenvalue weighted by molar-refractivity contribution is 0.632. The highest BCUT2D eigenvalue weighted by Gasteiger charge is 2.41. The summed E-state index contributed by atoms with van der Waals surface area (Å²) < 4.78 is 0. The second kappa shape index (κ2) is 13.0. The van der Waals surface area contributed by atoms with Crippen LogP contribution in [-0.4, -0.2) is 0 Å². The van der Waals surface area contributed by atoms with Crippen LogP contribution in [0.3, 0.4) is 0 Å². The van der Waals surface area contributed by atoms with Crippen molar-refractivity contribution >= 4 is 77.2 Å². The molecule has 0 saturated heterocycles. The molecule has 270 valence electrons. The van der Waals surface area contributed by atoms with Gasteiger partial charge < -0.3 is 9.80 Å². The van der Waals surface area contributed by atoms with E-state index < -0.39 is 0 Å². The highest BCUT2D eigenvalue weighted by molar-refractivity contribution is 6.09. The summed E-state index contributed by atoms with van der Waals surface area (Å²) in [6.07, 6.45) is 0. The Balaban J connectivity index is 1.24. The van der Waals surface area contributed by atoms with Crippen molar-refractivity contribution in [2.45, 2.75) is 19.3 Å². The normalized spacial score (nSPS) is 13.2. The highest BCUT2D eigenvalue weighted by Crippen LogP contribution is 2.58. The summed E-state index contributed by atoms with van der Waals surface area (Å²) in [6.45, 7) is 4.81. The molecule has 0 radical (unpaired) electrons. The van der Waals surface area contributed by atoms with Crippen LogP contribution in [0.2, 0.25) is 0 Å². The molecule has 11 rings (SSSR count). The number of fused-ring (bicyclic) bond motifs is 6. The third-order valence-electron chi connectivity index (χ3n) is 12.1. The first-order valence-electron chi connectivity index (χ1n) is 19.9. The number of rotatable bonds is 5. The molecule has 2 heteroatoms. The van der Waals surface area contributed by atoms with Crippen molar-refractivity contribution in [1.29, 1.82) is 0 Å². The maximum absolute atomic E-state index is 2.56. The molecule has 0 amide bonds. The van der Waals surface area contributed by atoms with Crippen LogP contribution < -0.4 is 9.80 Å². The second-order valence-electron chi connectivity index (χ2n) is 15.8. The molecule has 0 bridgehead atoms. The Labute approximate surface area is 333 Å². The van der Waals surface area contributed by atoms with E-state index in [1.54, 1.807) is 0 Å². The Morgan fingerprint density at radius 3 is 1.74 bits per heavy atom. The number of anilines is 6. The van der Waals surface area contributed by atoms with Crippen LogP contribution in [0.5, 0.6) is 0 Å². The Morgan fingerprint density at radius 1 is 0.404 bits per heavy atom. The fraction of sp³-hybridized carbons (Fsp3) is 0.0545. The highest BCUT2D eigenvalue weighted by atomic mass is 15.2. The minimum Gasteiger partial charge on any atom is -0.309 e. The van der Waals surface area contributed by atoms with Gasteiger partial charge in [0.25, 0.3) is 0 Å². The van der Waals surface area contributed by atoms with Crippen LogP contribution in [0, 0.1) is 0 Å². The first-order valence-corrected chi connectivity index (χ1v) is 19.9. The molecule has 10 aromatic rings. The van der Waals surface area contributed by atoms with Crippen LogP contribution in [0.25, 0.3) is 54.2 Å². The van der Waals surface area contributed by atoms with E-state index >= 15 is 0 Å². The van der Waals surface area contributed by atoms with Gasteiger partial charge in [0.1, 0.15) is 0 Å². The molecule has 10 aromatic carbocycles. The molecule has 1 aliphatic rings. The van der Waals surface area contributed by atoms with Gasteiger partial charge in [-0.2, -0.15) is 0 Å². The number of para-hydroxylation sites is 1. The number of nitrogens with zero attached hydrogens (tertiary/aromatic N) is 2. The molecular formula is C55H40N2. The van der Waals surface area contributed by atoms with Crippen LogP contribution in [0.4, 0.5) is 34.1 Å². The summed E-state index contributed by atoms with van der Waals surface area (Å²) in [5.41, 5.74) is 11.6. The maximum atomic E-state index is 2.56. The Bertz CT molecular complexity index is 3190. The van der Waals surface area contributed by atoms with Gasteiger partial charge in [-0.25, -0.2) is 0 Å². The predicted molar refractivity (Wildman–Crippen MR) is 243 cm³/mol. The number of hydrogen-bond acceptors (Lipinski definition) is 2. The smallest absolute Gasteiger partial charge is 0.0618 e.